The van der Waals surface area contributed by atoms with E-state index >= 15 is 0 Å². The fourth-order valence-corrected chi connectivity index (χ4v) is 6.10. The number of nitrogen functional groups attached to an aromatic ring is 1. The number of carbonyl (C=O) groups is 6. The fraction of sp³-hybridized carbons (Fsp3) is 0.263. The van der Waals surface area contributed by atoms with Crippen molar-refractivity contribution in [3.63, 3.8) is 0 Å². The Hall–Kier alpha value is -6.69. The van der Waals surface area contributed by atoms with Crippen molar-refractivity contribution in [3.8, 4) is 11.6 Å². The Morgan fingerprint density at radius 1 is 1.00 bits per heavy atom. The van der Waals surface area contributed by atoms with Gasteiger partial charge in [-0.25, -0.2) is 14.6 Å². The van der Waals surface area contributed by atoms with Gasteiger partial charge >= 0.3 is 18.1 Å². The lowest BCUT2D eigenvalue weighted by atomic mass is 9.85. The van der Waals surface area contributed by atoms with E-state index in [1.807, 2.05) is 6.07 Å². The molecule has 1 unspecified atom stereocenters. The molecule has 2 atom stereocenters. The average Bonchev–Trinajstić information content (AvgIpc) is 3.83. The first-order chi connectivity index (χ1) is 26.6. The van der Waals surface area contributed by atoms with Crippen LogP contribution in [-0.4, -0.2) is 81.8 Å². The molecule has 56 heavy (non-hydrogen) atoms. The number of carbonyl (C=O) groups excluding carboxylic acids is 5. The maximum Gasteiger partial charge on any atom is 0.490 e. The van der Waals surface area contributed by atoms with Crippen LogP contribution in [0.1, 0.15) is 40.0 Å². The number of carboxylic acids is 1. The van der Waals surface area contributed by atoms with Crippen molar-refractivity contribution in [2.24, 2.45) is 0 Å². The lowest BCUT2D eigenvalue weighted by Crippen LogP contribution is -2.41. The van der Waals surface area contributed by atoms with Crippen LogP contribution in [0.5, 0.6) is 11.6 Å². The molecular formula is C38H35F3N6O9. The topological polar surface area (TPSA) is 230 Å². The Kier molecular flexibility index (Phi) is 12.1. The molecule has 0 spiro atoms. The molecule has 18 heteroatoms. The van der Waals surface area contributed by atoms with Gasteiger partial charge in [0.15, 0.2) is 0 Å². The quantitative estimate of drug-likeness (QED) is 0.0502. The molecule has 3 aromatic carbocycles. The minimum Gasteiger partial charge on any atom is -0.478 e. The molecule has 0 aliphatic carbocycles. The lowest BCUT2D eigenvalue weighted by molar-refractivity contribution is -0.192. The third-order valence-electron chi connectivity index (χ3n) is 8.85. The van der Waals surface area contributed by atoms with Crippen LogP contribution in [0.15, 0.2) is 78.9 Å². The summed E-state index contributed by atoms with van der Waals surface area (Å²) in [4.78, 5) is 82.0. The number of hydrogen-bond acceptors (Lipinski definition) is 12. The number of carboxylic acid groups (broad SMARTS) is 1. The molecule has 15 nitrogen and oxygen atoms in total. The van der Waals surface area contributed by atoms with Crippen LogP contribution in [0.4, 0.5) is 30.5 Å². The van der Waals surface area contributed by atoms with Gasteiger partial charge in [-0.15, -0.1) is 0 Å². The zero-order valence-electron chi connectivity index (χ0n) is 29.7. The van der Waals surface area contributed by atoms with Crippen LogP contribution in [-0.2, 0) is 36.8 Å². The van der Waals surface area contributed by atoms with E-state index in [0.29, 0.717) is 71.8 Å². The third-order valence-corrected chi connectivity index (χ3v) is 8.85. The van der Waals surface area contributed by atoms with Crippen molar-refractivity contribution in [2.75, 3.05) is 23.8 Å². The van der Waals surface area contributed by atoms with Crippen molar-refractivity contribution in [3.05, 3.63) is 101 Å². The molecule has 6 rings (SSSR count). The van der Waals surface area contributed by atoms with E-state index in [1.54, 1.807) is 79.7 Å². The number of amides is 2. The molecule has 5 N–H and O–H groups in total. The number of aldehydes is 2. The highest BCUT2D eigenvalue weighted by atomic mass is 19.4. The number of nitrogens with one attached hydrogen (secondary N) is 2. The molecule has 3 heterocycles. The van der Waals surface area contributed by atoms with Gasteiger partial charge in [0.1, 0.15) is 29.4 Å². The van der Waals surface area contributed by atoms with Crippen LogP contribution in [0.25, 0.3) is 0 Å². The number of nitrogens with two attached hydrogens (primary N) is 1. The summed E-state index contributed by atoms with van der Waals surface area (Å²) >= 11 is 0. The standard InChI is InChI=1S/C36H34N6O7.C2HF3O2/c1-23-18-30(40-34(37)39-23)48-17-5-6-24-11-14-29-28(19-24)32(46)38-21-31(45)42(29)26-12-9-25(10-13-26)20-36(35(22-44,41-36)15-16-43)33(47)49-27-7-3-2-4-8-27;3-2(4,5)1(6)7/h2-4,7-14,16,18-19,22,41H,5-6,15,17,20-21H2,1H3,(H,38,46)(H2,37,39,40);(H,6,7)/t35?,36-;/m0./s1. The molecule has 2 aliphatic rings. The van der Waals surface area contributed by atoms with E-state index < -0.39 is 29.2 Å². The number of benzene rings is 3. The van der Waals surface area contributed by atoms with Gasteiger partial charge in [-0.2, -0.15) is 18.2 Å². The van der Waals surface area contributed by atoms with Crippen LogP contribution in [0.3, 0.4) is 0 Å². The maximum atomic E-state index is 13.4. The number of rotatable bonds is 13. The molecular weight excluding hydrogens is 741 g/mol. The van der Waals surface area contributed by atoms with E-state index in [4.69, 9.17) is 25.1 Å². The largest absolute Gasteiger partial charge is 0.490 e. The Morgan fingerprint density at radius 3 is 2.30 bits per heavy atom. The lowest BCUT2D eigenvalue weighted by Gasteiger charge is -2.23. The van der Waals surface area contributed by atoms with Gasteiger partial charge in [-0.05, 0) is 67.3 Å². The molecule has 0 saturated carbocycles. The Labute approximate surface area is 317 Å². The smallest absolute Gasteiger partial charge is 0.478 e. The first-order valence-corrected chi connectivity index (χ1v) is 16.9. The number of para-hydroxylation sites is 1. The van der Waals surface area contributed by atoms with Gasteiger partial charge in [0.2, 0.25) is 11.8 Å². The molecule has 1 aromatic heterocycles. The van der Waals surface area contributed by atoms with Gasteiger partial charge in [-0.3, -0.25) is 19.8 Å². The molecule has 2 aliphatic heterocycles. The minimum absolute atomic E-state index is 0.0490. The summed E-state index contributed by atoms with van der Waals surface area (Å²) in [5.41, 5.74) is 6.36. The first kappa shape index (κ1) is 40.5. The number of aryl methyl sites for hydroxylation is 2. The van der Waals surface area contributed by atoms with E-state index in [1.165, 1.54) is 4.90 Å². The van der Waals surface area contributed by atoms with Crippen molar-refractivity contribution < 1.29 is 56.5 Å². The second-order valence-electron chi connectivity index (χ2n) is 12.8. The monoisotopic (exact) mass is 776 g/mol. The summed E-state index contributed by atoms with van der Waals surface area (Å²) in [6.07, 6.45) is -2.82. The zero-order chi connectivity index (χ0) is 40.7. The van der Waals surface area contributed by atoms with Gasteiger partial charge in [0.25, 0.3) is 11.8 Å². The third kappa shape index (κ3) is 9.15. The van der Waals surface area contributed by atoms with E-state index in [-0.39, 0.29) is 37.1 Å². The van der Waals surface area contributed by atoms with Gasteiger partial charge < -0.3 is 35.2 Å². The Balaban J connectivity index is 0.000000784. The van der Waals surface area contributed by atoms with Gasteiger partial charge in [0.05, 0.1) is 24.4 Å². The van der Waals surface area contributed by atoms with Gasteiger partial charge in [0, 0.05) is 30.3 Å². The number of esters is 1. The number of ether oxygens (including phenoxy) is 2. The molecule has 0 bridgehead atoms. The van der Waals surface area contributed by atoms with E-state index in [0.717, 1.165) is 5.56 Å². The maximum absolute atomic E-state index is 13.4. The SMILES string of the molecule is Cc1cc(OCCCc2ccc3c(c2)C(=O)NCC(=O)N3c2ccc(C[C@@]3(C(=O)Oc4ccccc4)NC3(C=O)CC=O)cc2)nc(N)n1.O=C(O)C(F)(F)F. The average molecular weight is 777 g/mol. The first-order valence-electron chi connectivity index (χ1n) is 16.9. The van der Waals surface area contributed by atoms with Crippen LogP contribution >= 0.6 is 0 Å². The summed E-state index contributed by atoms with van der Waals surface area (Å²) in [7, 11) is 0. The number of aliphatic carboxylic acids is 1. The molecule has 1 fully saturated rings. The number of halogens is 3. The number of nitrogens with zero attached hydrogens (tertiary/aromatic N) is 3. The second-order valence-corrected chi connectivity index (χ2v) is 12.8. The number of anilines is 3. The molecule has 2 amide bonds. The molecule has 4 aromatic rings. The number of hydrogen-bond donors (Lipinski definition) is 4. The van der Waals surface area contributed by atoms with Crippen LogP contribution < -0.4 is 30.7 Å². The Morgan fingerprint density at radius 2 is 1.68 bits per heavy atom. The zero-order valence-corrected chi connectivity index (χ0v) is 29.7. The fourth-order valence-electron chi connectivity index (χ4n) is 6.10. The summed E-state index contributed by atoms with van der Waals surface area (Å²) in [6, 6.07) is 22.4. The second kappa shape index (κ2) is 16.8. The van der Waals surface area contributed by atoms with Gasteiger partial charge in [-0.1, -0.05) is 36.4 Å². The van der Waals surface area contributed by atoms with E-state index in [2.05, 4.69) is 20.6 Å². The Bertz CT molecular complexity index is 2120. The minimum atomic E-state index is -5.08. The predicted molar refractivity (Wildman–Crippen MR) is 192 cm³/mol. The highest BCUT2D eigenvalue weighted by Gasteiger charge is 2.72. The van der Waals surface area contributed by atoms with Crippen LogP contribution in [0, 0.1) is 6.92 Å². The summed E-state index contributed by atoms with van der Waals surface area (Å²) in [6.45, 7) is 1.97. The molecule has 1 saturated heterocycles. The van der Waals surface area contributed by atoms with Crippen molar-refractivity contribution in [2.45, 2.75) is 49.9 Å². The summed E-state index contributed by atoms with van der Waals surface area (Å²) < 4.78 is 43.1. The van der Waals surface area contributed by atoms with Crippen molar-refractivity contribution in [1.29, 1.82) is 0 Å². The highest BCUT2D eigenvalue weighted by Crippen LogP contribution is 2.44. The predicted octanol–water partition coefficient (Wildman–Crippen LogP) is 3.44. The van der Waals surface area contributed by atoms with Crippen LogP contribution in [0.2, 0.25) is 0 Å². The summed E-state index contributed by atoms with van der Waals surface area (Å²) in [5, 5.41) is 12.8. The highest BCUT2D eigenvalue weighted by molar-refractivity contribution is 6.13. The molecule has 0 radical (unpaired) electrons. The number of aromatic nitrogens is 2. The van der Waals surface area contributed by atoms with Crippen molar-refractivity contribution in [1.82, 2.24) is 20.6 Å². The van der Waals surface area contributed by atoms with E-state index in [9.17, 15) is 37.1 Å². The number of alkyl halides is 3. The molecule has 292 valence electrons. The normalized spacial score (nSPS) is 18.6. The summed E-state index contributed by atoms with van der Waals surface area (Å²) in [5.74, 6) is -3.30. The number of fused-ring (bicyclic) bond motifs is 1. The van der Waals surface area contributed by atoms with Crippen molar-refractivity contribution >= 4 is 53.6 Å².